The summed E-state index contributed by atoms with van der Waals surface area (Å²) in [7, 11) is -4.43. The largest absolute Gasteiger partial charge is 0.416 e. The molecule has 0 amide bonds. The smallest absolute Gasteiger partial charge is 0.341 e. The van der Waals surface area contributed by atoms with Crippen LogP contribution in [-0.4, -0.2) is 27.0 Å². The van der Waals surface area contributed by atoms with Crippen LogP contribution < -0.4 is 5.32 Å². The van der Waals surface area contributed by atoms with E-state index in [4.69, 9.17) is 0 Å². The molecule has 9 heteroatoms. The van der Waals surface area contributed by atoms with Crippen molar-refractivity contribution in [1.82, 2.24) is 5.32 Å². The van der Waals surface area contributed by atoms with E-state index in [0.717, 1.165) is 25.0 Å². The van der Waals surface area contributed by atoms with Crippen LogP contribution in [0.25, 0.3) is 0 Å². The van der Waals surface area contributed by atoms with Crippen LogP contribution in [0.4, 0.5) is 13.2 Å². The molecule has 0 spiro atoms. The van der Waals surface area contributed by atoms with Crippen LogP contribution in [-0.2, 0) is 25.3 Å². The van der Waals surface area contributed by atoms with Crippen molar-refractivity contribution in [2.45, 2.75) is 36.4 Å². The maximum absolute atomic E-state index is 12.4. The van der Waals surface area contributed by atoms with Gasteiger partial charge in [-0.3, -0.25) is 0 Å². The lowest BCUT2D eigenvalue weighted by molar-refractivity contribution is -0.138. The van der Waals surface area contributed by atoms with Gasteiger partial charge in [-0.15, -0.1) is 0 Å². The van der Waals surface area contributed by atoms with E-state index in [9.17, 15) is 26.4 Å². The number of benzene rings is 1. The molecule has 5 nitrogen and oxygen atoms in total. The zero-order chi connectivity index (χ0) is 16.4. The van der Waals surface area contributed by atoms with E-state index in [1.165, 1.54) is 0 Å². The van der Waals surface area contributed by atoms with Gasteiger partial charge in [0.1, 0.15) is 10.9 Å². The van der Waals surface area contributed by atoms with Gasteiger partial charge in [-0.2, -0.15) is 21.6 Å². The van der Waals surface area contributed by atoms with Crippen LogP contribution in [0, 0.1) is 0 Å². The summed E-state index contributed by atoms with van der Waals surface area (Å²) < 4.78 is 65.5. The molecule has 1 aromatic carbocycles. The number of alkyl halides is 3. The number of hydrogen-bond acceptors (Lipinski definition) is 5. The molecule has 1 aromatic rings. The maximum Gasteiger partial charge on any atom is 0.416 e. The van der Waals surface area contributed by atoms with Gasteiger partial charge in [0.05, 0.1) is 5.56 Å². The summed E-state index contributed by atoms with van der Waals surface area (Å²) in [5.41, 5.74) is -0.980. The minimum absolute atomic E-state index is 0.460. The van der Waals surface area contributed by atoms with Gasteiger partial charge < -0.3 is 9.50 Å². The quantitative estimate of drug-likeness (QED) is 0.855. The predicted molar refractivity (Wildman–Crippen MR) is 70.4 cm³/mol. The van der Waals surface area contributed by atoms with Crippen molar-refractivity contribution in [2.24, 2.45) is 0 Å². The minimum atomic E-state index is -4.56. The molecule has 2 rings (SSSR count). The van der Waals surface area contributed by atoms with Crippen molar-refractivity contribution < 1.29 is 30.6 Å². The Labute approximate surface area is 125 Å². The number of carbonyl (C=O) groups is 1. The second-order valence-corrected chi connectivity index (χ2v) is 6.43. The molecule has 122 valence electrons. The van der Waals surface area contributed by atoms with Gasteiger partial charge in [0.15, 0.2) is 0 Å². The van der Waals surface area contributed by atoms with E-state index < -0.39 is 38.8 Å². The fourth-order valence-corrected chi connectivity index (χ4v) is 2.98. The van der Waals surface area contributed by atoms with E-state index in [2.05, 4.69) is 9.50 Å². The molecule has 0 aliphatic carbocycles. The first-order valence-electron chi connectivity index (χ1n) is 6.59. The van der Waals surface area contributed by atoms with Crippen LogP contribution in [0.3, 0.4) is 0 Å². The fourth-order valence-electron chi connectivity index (χ4n) is 2.08. The van der Waals surface area contributed by atoms with Crippen molar-refractivity contribution in [3.05, 3.63) is 29.8 Å². The van der Waals surface area contributed by atoms with Crippen LogP contribution in [0.5, 0.6) is 0 Å². The van der Waals surface area contributed by atoms with Gasteiger partial charge >= 0.3 is 22.3 Å². The van der Waals surface area contributed by atoms with Crippen LogP contribution >= 0.6 is 0 Å². The maximum atomic E-state index is 12.4. The van der Waals surface area contributed by atoms with Crippen LogP contribution in [0.15, 0.2) is 29.2 Å². The lowest BCUT2D eigenvalue weighted by Crippen LogP contribution is -2.42. The van der Waals surface area contributed by atoms with Gasteiger partial charge in [-0.25, -0.2) is 4.79 Å². The fraction of sp³-hybridized carbons (Fsp3) is 0.462. The lowest BCUT2D eigenvalue weighted by atomic mass is 10.1. The highest BCUT2D eigenvalue weighted by Crippen LogP contribution is 2.30. The van der Waals surface area contributed by atoms with Crippen molar-refractivity contribution in [1.29, 1.82) is 0 Å². The molecule has 0 bridgehead atoms. The summed E-state index contributed by atoms with van der Waals surface area (Å²) in [5, 5.41) is 2.83. The first-order chi connectivity index (χ1) is 10.2. The predicted octanol–water partition coefficient (Wildman–Crippen LogP) is 2.08. The summed E-state index contributed by atoms with van der Waals surface area (Å²) >= 11 is 0. The highest BCUT2D eigenvalue weighted by Gasteiger charge is 2.32. The number of hydrogen-bond donors (Lipinski definition) is 1. The molecule has 1 unspecified atom stereocenters. The lowest BCUT2D eigenvalue weighted by Gasteiger charge is -2.21. The van der Waals surface area contributed by atoms with Gasteiger partial charge in [0, 0.05) is 0 Å². The topological polar surface area (TPSA) is 72.5 Å². The van der Waals surface area contributed by atoms with E-state index in [0.29, 0.717) is 25.1 Å². The molecular weight excluding hydrogens is 323 g/mol. The molecule has 1 fully saturated rings. The normalized spacial score (nSPS) is 19.7. The zero-order valence-electron chi connectivity index (χ0n) is 11.4. The van der Waals surface area contributed by atoms with Crippen LogP contribution in [0.1, 0.15) is 24.8 Å². The Balaban J connectivity index is 2.11. The average Bonchev–Trinajstić information content (AvgIpc) is 2.47. The SMILES string of the molecule is O=C(OS(=O)(=O)c1ccc(C(F)(F)F)cc1)C1CCCCN1. The van der Waals surface area contributed by atoms with Crippen molar-refractivity contribution in [3.8, 4) is 0 Å². The van der Waals surface area contributed by atoms with Gasteiger partial charge in [-0.1, -0.05) is 6.42 Å². The Kier molecular flexibility index (Phi) is 4.76. The Morgan fingerprint density at radius 2 is 1.82 bits per heavy atom. The van der Waals surface area contributed by atoms with E-state index in [1.54, 1.807) is 0 Å². The van der Waals surface area contributed by atoms with E-state index >= 15 is 0 Å². The molecular formula is C13H14F3NO4S. The van der Waals surface area contributed by atoms with E-state index in [1.807, 2.05) is 0 Å². The molecule has 1 N–H and O–H groups in total. The molecule has 0 radical (unpaired) electrons. The first kappa shape index (κ1) is 16.8. The first-order valence-corrected chi connectivity index (χ1v) is 8.00. The number of carbonyl (C=O) groups excluding carboxylic acids is 1. The van der Waals surface area contributed by atoms with Gasteiger partial charge in [-0.05, 0) is 43.7 Å². The monoisotopic (exact) mass is 337 g/mol. The Bertz CT molecular complexity index is 634. The zero-order valence-corrected chi connectivity index (χ0v) is 12.2. The summed E-state index contributed by atoms with van der Waals surface area (Å²) in [4.78, 5) is 11.3. The van der Waals surface area contributed by atoms with Gasteiger partial charge in [0.2, 0.25) is 0 Å². The minimum Gasteiger partial charge on any atom is -0.341 e. The Hall–Kier alpha value is -1.61. The van der Waals surface area contributed by atoms with Crippen LogP contribution in [0.2, 0.25) is 0 Å². The second-order valence-electron chi connectivity index (χ2n) is 4.88. The average molecular weight is 337 g/mol. The number of halogens is 3. The van der Waals surface area contributed by atoms with Crippen molar-refractivity contribution in [2.75, 3.05) is 6.54 Å². The molecule has 1 aliphatic heterocycles. The van der Waals surface area contributed by atoms with Crippen molar-refractivity contribution in [3.63, 3.8) is 0 Å². The summed E-state index contributed by atoms with van der Waals surface area (Å²) in [6.07, 6.45) is -2.45. The molecule has 1 saturated heterocycles. The molecule has 0 saturated carbocycles. The molecule has 22 heavy (non-hydrogen) atoms. The third kappa shape index (κ3) is 3.98. The number of rotatable bonds is 3. The Morgan fingerprint density at radius 1 is 1.18 bits per heavy atom. The molecule has 1 atom stereocenters. The standard InChI is InChI=1S/C13H14F3NO4S/c14-13(15,16)9-4-6-10(7-5-9)22(19,20)21-12(18)11-3-1-2-8-17-11/h4-7,11,17H,1-3,8H2. The number of nitrogens with one attached hydrogen (secondary N) is 1. The van der Waals surface area contributed by atoms with Gasteiger partial charge in [0.25, 0.3) is 0 Å². The molecule has 1 heterocycles. The summed E-state index contributed by atoms with van der Waals surface area (Å²) in [6, 6.07) is 2.07. The van der Waals surface area contributed by atoms with Crippen molar-refractivity contribution >= 4 is 16.1 Å². The summed E-state index contributed by atoms with van der Waals surface area (Å²) in [6.45, 7) is 0.583. The highest BCUT2D eigenvalue weighted by atomic mass is 32.2. The summed E-state index contributed by atoms with van der Waals surface area (Å²) in [5.74, 6) is -0.945. The second kappa shape index (κ2) is 6.25. The number of piperidine rings is 1. The Morgan fingerprint density at radius 3 is 2.32 bits per heavy atom. The third-order valence-electron chi connectivity index (χ3n) is 3.26. The van der Waals surface area contributed by atoms with E-state index in [-0.39, 0.29) is 0 Å². The molecule has 0 aromatic heterocycles. The highest BCUT2D eigenvalue weighted by molar-refractivity contribution is 7.87. The molecule has 1 aliphatic rings. The third-order valence-corrected chi connectivity index (χ3v) is 4.49.